The first-order valence-corrected chi connectivity index (χ1v) is 12.8. The van der Waals surface area contributed by atoms with Crippen LogP contribution in [0, 0.1) is 0 Å². The Morgan fingerprint density at radius 1 is 0.941 bits per heavy atom. The van der Waals surface area contributed by atoms with Gasteiger partial charge in [0.2, 0.25) is 0 Å². The van der Waals surface area contributed by atoms with Crippen LogP contribution >= 0.6 is 11.3 Å². The fourth-order valence-corrected chi connectivity index (χ4v) is 5.08. The molecule has 0 bridgehead atoms. The zero-order valence-corrected chi connectivity index (χ0v) is 20.1. The van der Waals surface area contributed by atoms with Crippen LogP contribution in [-0.4, -0.2) is 54.3 Å². The van der Waals surface area contributed by atoms with Crippen molar-refractivity contribution in [3.8, 4) is 16.9 Å². The minimum atomic E-state index is 0.709. The molecule has 1 aliphatic heterocycles. The number of ether oxygens (including phenoxy) is 2. The van der Waals surface area contributed by atoms with Crippen LogP contribution in [0.1, 0.15) is 18.7 Å². The van der Waals surface area contributed by atoms with Gasteiger partial charge >= 0.3 is 0 Å². The highest BCUT2D eigenvalue weighted by Gasteiger charge is 2.18. The minimum Gasteiger partial charge on any atom is -0.494 e. The lowest BCUT2D eigenvalue weighted by Crippen LogP contribution is -2.36. The first kappa shape index (κ1) is 22.8. The van der Waals surface area contributed by atoms with Crippen molar-refractivity contribution in [2.24, 2.45) is 0 Å². The van der Waals surface area contributed by atoms with Gasteiger partial charge in [0.05, 0.1) is 31.8 Å². The number of nitrogens with one attached hydrogen (secondary N) is 1. The van der Waals surface area contributed by atoms with Gasteiger partial charge < -0.3 is 14.8 Å². The monoisotopic (exact) mass is 474 g/mol. The topological polar surface area (TPSA) is 59.5 Å². The molecule has 0 saturated carbocycles. The number of thiophene rings is 1. The third kappa shape index (κ3) is 5.73. The molecule has 6 nitrogen and oxygen atoms in total. The van der Waals surface area contributed by atoms with Crippen LogP contribution in [0.4, 0.5) is 5.82 Å². The van der Waals surface area contributed by atoms with Crippen LogP contribution in [0.5, 0.6) is 5.75 Å². The lowest BCUT2D eigenvalue weighted by atomic mass is 10.1. The Labute approximate surface area is 204 Å². The third-order valence-electron chi connectivity index (χ3n) is 5.91. The quantitative estimate of drug-likeness (QED) is 0.308. The number of morpholine rings is 1. The van der Waals surface area contributed by atoms with E-state index in [1.165, 1.54) is 11.1 Å². The van der Waals surface area contributed by atoms with Gasteiger partial charge in [-0.25, -0.2) is 9.97 Å². The largest absolute Gasteiger partial charge is 0.494 e. The van der Waals surface area contributed by atoms with Crippen LogP contribution in [0.3, 0.4) is 0 Å². The summed E-state index contributed by atoms with van der Waals surface area (Å²) in [7, 11) is 0. The Balaban J connectivity index is 1.30. The predicted molar refractivity (Wildman–Crippen MR) is 139 cm³/mol. The van der Waals surface area contributed by atoms with E-state index in [-0.39, 0.29) is 0 Å². The van der Waals surface area contributed by atoms with E-state index >= 15 is 0 Å². The molecule has 0 amide bonds. The van der Waals surface area contributed by atoms with Crippen LogP contribution in [0.15, 0.2) is 66.0 Å². The van der Waals surface area contributed by atoms with Gasteiger partial charge in [-0.1, -0.05) is 48.5 Å². The summed E-state index contributed by atoms with van der Waals surface area (Å²) in [5.41, 5.74) is 2.38. The van der Waals surface area contributed by atoms with Crippen LogP contribution in [0.25, 0.3) is 21.3 Å². The zero-order chi connectivity index (χ0) is 23.0. The normalized spacial score (nSPS) is 14.4. The lowest BCUT2D eigenvalue weighted by molar-refractivity contribution is 0.0331. The maximum Gasteiger partial charge on any atom is 0.146 e. The number of nitrogens with zero attached hydrogens (tertiary/aromatic N) is 3. The Morgan fingerprint density at radius 3 is 2.50 bits per heavy atom. The van der Waals surface area contributed by atoms with E-state index in [2.05, 4.69) is 39.9 Å². The fraction of sp³-hybridized carbons (Fsp3) is 0.333. The molecule has 1 N–H and O–H groups in total. The summed E-state index contributed by atoms with van der Waals surface area (Å²) in [5.74, 6) is 2.72. The van der Waals surface area contributed by atoms with Crippen molar-refractivity contribution in [1.29, 1.82) is 0 Å². The number of benzene rings is 2. The maximum atomic E-state index is 5.83. The molecule has 4 aromatic rings. The number of anilines is 1. The molecular formula is C27H30N4O2S. The highest BCUT2D eigenvalue weighted by molar-refractivity contribution is 7.17. The summed E-state index contributed by atoms with van der Waals surface area (Å²) in [6.45, 7) is 5.69. The lowest BCUT2D eigenvalue weighted by Gasteiger charge is -2.25. The number of fused-ring (bicyclic) bond motifs is 1. The molecule has 1 aliphatic rings. The SMILES string of the molecule is c1ccc(OCCCCNc2nc(CN3CCOCC3)nc3scc(-c4ccccc4)c23)cc1. The summed E-state index contributed by atoms with van der Waals surface area (Å²) in [4.78, 5) is 13.3. The molecule has 0 atom stereocenters. The molecule has 0 aliphatic carbocycles. The summed E-state index contributed by atoms with van der Waals surface area (Å²) < 4.78 is 11.3. The number of hydrogen-bond acceptors (Lipinski definition) is 7. The second kappa shape index (κ2) is 11.4. The number of hydrogen-bond donors (Lipinski definition) is 1. The molecule has 0 unspecified atom stereocenters. The highest BCUT2D eigenvalue weighted by Crippen LogP contribution is 2.37. The Bertz CT molecular complexity index is 1180. The van der Waals surface area contributed by atoms with Gasteiger partial charge in [-0.3, -0.25) is 4.90 Å². The average Bonchev–Trinajstić information content (AvgIpc) is 3.32. The van der Waals surface area contributed by atoms with Gasteiger partial charge in [-0.2, -0.15) is 0 Å². The van der Waals surface area contributed by atoms with Crippen LogP contribution in [0.2, 0.25) is 0 Å². The summed E-state index contributed by atoms with van der Waals surface area (Å²) in [6.07, 6.45) is 1.98. The number of para-hydroxylation sites is 1. The van der Waals surface area contributed by atoms with E-state index in [1.54, 1.807) is 11.3 Å². The predicted octanol–water partition coefficient (Wildman–Crippen LogP) is 5.46. The van der Waals surface area contributed by atoms with Crippen molar-refractivity contribution in [1.82, 2.24) is 14.9 Å². The van der Waals surface area contributed by atoms with Crippen molar-refractivity contribution >= 4 is 27.4 Å². The van der Waals surface area contributed by atoms with Gasteiger partial charge in [-0.15, -0.1) is 11.3 Å². The molecular weight excluding hydrogens is 444 g/mol. The Hall–Kier alpha value is -3.00. The first-order valence-electron chi connectivity index (χ1n) is 11.9. The molecule has 7 heteroatoms. The molecule has 1 saturated heterocycles. The molecule has 2 aromatic carbocycles. The van der Waals surface area contributed by atoms with Gasteiger partial charge in [-0.05, 0) is 30.5 Å². The molecule has 2 aromatic heterocycles. The average molecular weight is 475 g/mol. The zero-order valence-electron chi connectivity index (χ0n) is 19.3. The van der Waals surface area contributed by atoms with Crippen molar-refractivity contribution < 1.29 is 9.47 Å². The summed E-state index contributed by atoms with van der Waals surface area (Å²) in [6, 6.07) is 20.5. The van der Waals surface area contributed by atoms with Gasteiger partial charge in [0.1, 0.15) is 22.2 Å². The Morgan fingerprint density at radius 2 is 1.71 bits per heavy atom. The molecule has 176 valence electrons. The molecule has 34 heavy (non-hydrogen) atoms. The van der Waals surface area contributed by atoms with Crippen LogP contribution in [-0.2, 0) is 11.3 Å². The minimum absolute atomic E-state index is 0.709. The van der Waals surface area contributed by atoms with Crippen molar-refractivity contribution in [2.75, 3.05) is 44.8 Å². The van der Waals surface area contributed by atoms with Crippen LogP contribution < -0.4 is 10.1 Å². The van der Waals surface area contributed by atoms with E-state index < -0.39 is 0 Å². The molecule has 0 spiro atoms. The third-order valence-corrected chi connectivity index (χ3v) is 6.78. The maximum absolute atomic E-state index is 5.83. The van der Waals surface area contributed by atoms with Gasteiger partial charge in [0, 0.05) is 30.6 Å². The van der Waals surface area contributed by atoms with E-state index in [0.29, 0.717) is 6.61 Å². The van der Waals surface area contributed by atoms with E-state index in [9.17, 15) is 0 Å². The highest BCUT2D eigenvalue weighted by atomic mass is 32.1. The van der Waals surface area contributed by atoms with Gasteiger partial charge in [0.25, 0.3) is 0 Å². The molecule has 3 heterocycles. The van der Waals surface area contributed by atoms with E-state index in [0.717, 1.165) is 79.8 Å². The Kier molecular flexibility index (Phi) is 7.65. The number of aromatic nitrogens is 2. The standard InChI is InChI=1S/C27H30N4O2S/c1-3-9-21(10-4-1)23-20-34-27-25(23)26(29-24(30-27)19-31-14-17-32-18-15-31)28-13-7-8-16-33-22-11-5-2-6-12-22/h1-6,9-12,20H,7-8,13-19H2,(H,28,29,30). The summed E-state index contributed by atoms with van der Waals surface area (Å²) >= 11 is 1.69. The second-order valence-corrected chi connectivity index (χ2v) is 9.23. The van der Waals surface area contributed by atoms with Gasteiger partial charge in [0.15, 0.2) is 0 Å². The number of unbranched alkanes of at least 4 members (excludes halogenated alkanes) is 1. The molecule has 0 radical (unpaired) electrons. The second-order valence-electron chi connectivity index (χ2n) is 8.37. The first-order chi connectivity index (χ1) is 16.9. The van der Waals surface area contributed by atoms with Crippen molar-refractivity contribution in [3.05, 3.63) is 71.9 Å². The smallest absolute Gasteiger partial charge is 0.146 e. The molecule has 5 rings (SSSR count). The van der Waals surface area contributed by atoms with Crippen molar-refractivity contribution in [2.45, 2.75) is 19.4 Å². The summed E-state index contributed by atoms with van der Waals surface area (Å²) in [5, 5.41) is 6.93. The molecule has 1 fully saturated rings. The van der Waals surface area contributed by atoms with E-state index in [4.69, 9.17) is 19.4 Å². The fourth-order valence-electron chi connectivity index (χ4n) is 4.11. The number of rotatable bonds is 10. The van der Waals surface area contributed by atoms with Crippen molar-refractivity contribution in [3.63, 3.8) is 0 Å². The van der Waals surface area contributed by atoms with E-state index in [1.807, 2.05) is 36.4 Å².